The molecule has 82 valence electrons. The molecule has 15 heavy (non-hydrogen) atoms. The summed E-state index contributed by atoms with van der Waals surface area (Å²) in [4.78, 5) is 10.5. The van der Waals surface area contributed by atoms with Crippen LogP contribution in [-0.4, -0.2) is 17.9 Å². The summed E-state index contributed by atoms with van der Waals surface area (Å²) >= 11 is 11.2. The molecular weight excluding hydrogens is 237 g/mol. The van der Waals surface area contributed by atoms with Crippen LogP contribution in [0.1, 0.15) is 5.56 Å². The molecule has 0 saturated carbocycles. The van der Waals surface area contributed by atoms with Gasteiger partial charge in [0, 0.05) is 17.3 Å². The van der Waals surface area contributed by atoms with Gasteiger partial charge in [-0.3, -0.25) is 0 Å². The van der Waals surface area contributed by atoms with E-state index in [1.807, 2.05) is 6.07 Å². The van der Waals surface area contributed by atoms with Crippen LogP contribution >= 0.6 is 23.2 Å². The molecule has 0 amide bonds. The van der Waals surface area contributed by atoms with Crippen molar-refractivity contribution in [3.05, 3.63) is 34.7 Å². The number of benzene rings is 1. The van der Waals surface area contributed by atoms with Crippen LogP contribution in [0.15, 0.2) is 29.4 Å². The zero-order valence-electron chi connectivity index (χ0n) is 8.03. The van der Waals surface area contributed by atoms with Gasteiger partial charge in [-0.15, -0.1) is 28.1 Å². The Morgan fingerprint density at radius 1 is 1.27 bits per heavy atom. The fourth-order valence-corrected chi connectivity index (χ4v) is 1.57. The molecule has 0 aliphatic carbocycles. The van der Waals surface area contributed by atoms with Crippen molar-refractivity contribution in [1.29, 1.82) is 0 Å². The second-order valence-electron chi connectivity index (χ2n) is 2.96. The Hall–Kier alpha value is -0.640. The first-order valence-corrected chi connectivity index (χ1v) is 5.53. The van der Waals surface area contributed by atoms with Crippen molar-refractivity contribution in [2.24, 2.45) is 5.18 Å². The summed E-state index contributed by atoms with van der Waals surface area (Å²) < 4.78 is 5.41. The summed E-state index contributed by atoms with van der Waals surface area (Å²) in [5.41, 5.74) is 1.13. The van der Waals surface area contributed by atoms with Crippen molar-refractivity contribution in [1.82, 2.24) is 0 Å². The van der Waals surface area contributed by atoms with Crippen LogP contribution in [-0.2, 0) is 11.3 Å². The molecule has 0 fully saturated rings. The third-order valence-corrected chi connectivity index (χ3v) is 2.60. The van der Waals surface area contributed by atoms with Crippen LogP contribution in [0.5, 0.6) is 0 Å². The molecule has 0 heterocycles. The molecule has 5 heteroatoms. The molecule has 1 rings (SSSR count). The lowest BCUT2D eigenvalue weighted by Crippen LogP contribution is -2.16. The highest BCUT2D eigenvalue weighted by Crippen LogP contribution is 2.19. The van der Waals surface area contributed by atoms with Gasteiger partial charge in [-0.05, 0) is 11.2 Å². The van der Waals surface area contributed by atoms with Crippen LogP contribution in [0.25, 0.3) is 0 Å². The van der Waals surface area contributed by atoms with Crippen LogP contribution in [0.2, 0.25) is 0 Å². The van der Waals surface area contributed by atoms with Gasteiger partial charge in [0.15, 0.2) is 0 Å². The van der Waals surface area contributed by atoms with Crippen LogP contribution in [0.4, 0.5) is 5.69 Å². The Labute approximate surface area is 98.3 Å². The quantitative estimate of drug-likeness (QED) is 0.571. The third kappa shape index (κ3) is 3.78. The predicted octanol–water partition coefficient (Wildman–Crippen LogP) is 3.45. The summed E-state index contributed by atoms with van der Waals surface area (Å²) in [5, 5.41) is 2.90. The Kier molecular flexibility index (Phi) is 5.61. The lowest BCUT2D eigenvalue weighted by Gasteiger charge is -2.12. The molecule has 0 saturated heterocycles. The smallest absolute Gasteiger partial charge is 0.113 e. The van der Waals surface area contributed by atoms with Crippen molar-refractivity contribution in [2.45, 2.75) is 12.7 Å². The van der Waals surface area contributed by atoms with Gasteiger partial charge in [0.1, 0.15) is 5.69 Å². The second kappa shape index (κ2) is 6.77. The number of hydrogen-bond donors (Lipinski definition) is 0. The standard InChI is InChI=1S/C10H11Cl2NO2/c11-5-9(6-12)15-7-8-3-1-2-4-10(8)13-14/h1-4,9H,5-7H2. The van der Waals surface area contributed by atoms with Gasteiger partial charge in [0.2, 0.25) is 0 Å². The van der Waals surface area contributed by atoms with E-state index >= 15 is 0 Å². The Morgan fingerprint density at radius 2 is 1.93 bits per heavy atom. The highest BCUT2D eigenvalue weighted by molar-refractivity contribution is 6.21. The van der Waals surface area contributed by atoms with E-state index in [9.17, 15) is 4.91 Å². The van der Waals surface area contributed by atoms with Crippen molar-refractivity contribution in [2.75, 3.05) is 11.8 Å². The van der Waals surface area contributed by atoms with E-state index in [1.165, 1.54) is 0 Å². The van der Waals surface area contributed by atoms with Crippen molar-refractivity contribution in [3.8, 4) is 0 Å². The molecule has 3 nitrogen and oxygen atoms in total. The maximum absolute atomic E-state index is 10.5. The van der Waals surface area contributed by atoms with Crippen molar-refractivity contribution >= 4 is 28.9 Å². The average molecular weight is 248 g/mol. The van der Waals surface area contributed by atoms with E-state index in [0.717, 1.165) is 5.56 Å². The largest absolute Gasteiger partial charge is 0.371 e. The number of alkyl halides is 2. The molecular formula is C10H11Cl2NO2. The van der Waals surface area contributed by atoms with Gasteiger partial charge in [0.05, 0.1) is 12.7 Å². The number of ether oxygens (including phenoxy) is 1. The summed E-state index contributed by atoms with van der Waals surface area (Å²) in [6.07, 6.45) is -0.201. The van der Waals surface area contributed by atoms with E-state index in [0.29, 0.717) is 24.1 Å². The van der Waals surface area contributed by atoms with Crippen molar-refractivity contribution in [3.63, 3.8) is 0 Å². The lowest BCUT2D eigenvalue weighted by molar-refractivity contribution is 0.0704. The monoisotopic (exact) mass is 247 g/mol. The minimum atomic E-state index is -0.201. The predicted molar refractivity (Wildman–Crippen MR) is 61.9 cm³/mol. The maximum Gasteiger partial charge on any atom is 0.113 e. The molecule has 1 aromatic carbocycles. The van der Waals surface area contributed by atoms with E-state index in [4.69, 9.17) is 27.9 Å². The number of nitroso groups, excluding NO2 is 1. The van der Waals surface area contributed by atoms with E-state index in [-0.39, 0.29) is 6.10 Å². The summed E-state index contributed by atoms with van der Waals surface area (Å²) in [7, 11) is 0. The first kappa shape index (κ1) is 12.4. The maximum atomic E-state index is 10.5. The zero-order chi connectivity index (χ0) is 11.1. The van der Waals surface area contributed by atoms with Gasteiger partial charge in [-0.25, -0.2) is 0 Å². The van der Waals surface area contributed by atoms with Crippen LogP contribution in [0, 0.1) is 4.91 Å². The number of halogens is 2. The molecule has 0 aliphatic rings. The SMILES string of the molecule is O=Nc1ccccc1COC(CCl)CCl. The number of rotatable bonds is 6. The third-order valence-electron chi connectivity index (χ3n) is 1.91. The molecule has 0 spiro atoms. The van der Waals surface area contributed by atoms with Gasteiger partial charge in [-0.2, -0.15) is 0 Å². The highest BCUT2D eigenvalue weighted by atomic mass is 35.5. The molecule has 0 atom stereocenters. The number of nitrogens with zero attached hydrogens (tertiary/aromatic N) is 1. The lowest BCUT2D eigenvalue weighted by atomic mass is 10.2. The summed E-state index contributed by atoms with van der Waals surface area (Å²) in [6.45, 7) is 0.298. The van der Waals surface area contributed by atoms with Gasteiger partial charge < -0.3 is 4.74 Å². The van der Waals surface area contributed by atoms with Crippen LogP contribution in [0.3, 0.4) is 0 Å². The Morgan fingerprint density at radius 3 is 2.53 bits per heavy atom. The van der Waals surface area contributed by atoms with Crippen LogP contribution < -0.4 is 0 Å². The van der Waals surface area contributed by atoms with Crippen molar-refractivity contribution < 1.29 is 4.74 Å². The first-order chi connectivity index (χ1) is 7.31. The minimum Gasteiger partial charge on any atom is -0.371 e. The summed E-state index contributed by atoms with van der Waals surface area (Å²) in [6, 6.07) is 7.00. The molecule has 0 aromatic heterocycles. The molecule has 0 unspecified atom stereocenters. The van der Waals surface area contributed by atoms with Gasteiger partial charge in [0.25, 0.3) is 0 Å². The Balaban J connectivity index is 2.60. The fraction of sp³-hybridized carbons (Fsp3) is 0.400. The molecule has 0 radical (unpaired) electrons. The van der Waals surface area contributed by atoms with E-state index in [1.54, 1.807) is 18.2 Å². The van der Waals surface area contributed by atoms with E-state index in [2.05, 4.69) is 5.18 Å². The molecule has 0 bridgehead atoms. The minimum absolute atomic E-state index is 0.201. The van der Waals surface area contributed by atoms with E-state index < -0.39 is 0 Å². The first-order valence-electron chi connectivity index (χ1n) is 4.46. The van der Waals surface area contributed by atoms with Gasteiger partial charge in [-0.1, -0.05) is 18.2 Å². The topological polar surface area (TPSA) is 38.7 Å². The summed E-state index contributed by atoms with van der Waals surface area (Å²) in [5.74, 6) is 0.667. The molecule has 0 aliphatic heterocycles. The number of hydrogen-bond acceptors (Lipinski definition) is 3. The highest BCUT2D eigenvalue weighted by Gasteiger charge is 2.08. The second-order valence-corrected chi connectivity index (χ2v) is 3.58. The van der Waals surface area contributed by atoms with Gasteiger partial charge >= 0.3 is 0 Å². The molecule has 0 N–H and O–H groups in total. The zero-order valence-corrected chi connectivity index (χ0v) is 9.54. The normalized spacial score (nSPS) is 10.6. The average Bonchev–Trinajstić information content (AvgIpc) is 2.31. The molecule has 1 aromatic rings. The Bertz CT molecular complexity index is 316. The fourth-order valence-electron chi connectivity index (χ4n) is 1.06.